The van der Waals surface area contributed by atoms with Crippen LogP contribution in [0.5, 0.6) is 11.8 Å². The third-order valence-electron chi connectivity index (χ3n) is 4.07. The van der Waals surface area contributed by atoms with Crippen LogP contribution < -0.4 is 19.5 Å². The summed E-state index contributed by atoms with van der Waals surface area (Å²) < 4.78 is 61.9. The summed E-state index contributed by atoms with van der Waals surface area (Å²) >= 11 is 0. The van der Waals surface area contributed by atoms with Crippen molar-refractivity contribution in [3.63, 3.8) is 0 Å². The molecule has 13 heteroatoms. The molecule has 2 heterocycles. The first kappa shape index (κ1) is 20.8. The van der Waals surface area contributed by atoms with Crippen molar-refractivity contribution in [2.45, 2.75) is 22.6 Å². The highest BCUT2D eigenvalue weighted by Crippen LogP contribution is 2.31. The minimum absolute atomic E-state index is 0.0817. The van der Waals surface area contributed by atoms with E-state index in [9.17, 15) is 21.6 Å². The Balaban J connectivity index is 1.89. The van der Waals surface area contributed by atoms with E-state index in [1.807, 2.05) is 0 Å². The smallest absolute Gasteiger partial charge is 0.335 e. The van der Waals surface area contributed by atoms with Gasteiger partial charge < -0.3 is 9.47 Å². The predicted octanol–water partition coefficient (Wildman–Crippen LogP) is 0.724. The number of aromatic nitrogens is 2. The molecule has 2 N–H and O–H groups in total. The van der Waals surface area contributed by atoms with Gasteiger partial charge in [0.1, 0.15) is 4.90 Å². The van der Waals surface area contributed by atoms with Gasteiger partial charge in [0.25, 0.3) is 10.0 Å². The number of methoxy groups -OCH3 is 2. The van der Waals surface area contributed by atoms with Crippen molar-refractivity contribution in [2.24, 2.45) is 0 Å². The number of sulfone groups is 1. The lowest BCUT2D eigenvalue weighted by molar-refractivity contribution is 0.256. The van der Waals surface area contributed by atoms with E-state index >= 15 is 0 Å². The number of carbonyl (C=O) groups is 1. The van der Waals surface area contributed by atoms with Crippen LogP contribution in [0.25, 0.3) is 0 Å². The number of anilines is 1. The average Bonchev–Trinajstić information content (AvgIpc) is 2.66. The first-order valence-corrected chi connectivity index (χ1v) is 11.5. The number of amides is 2. The van der Waals surface area contributed by atoms with Gasteiger partial charge in [-0.2, -0.15) is 9.97 Å². The van der Waals surface area contributed by atoms with E-state index < -0.39 is 30.8 Å². The van der Waals surface area contributed by atoms with Crippen LogP contribution in [0.4, 0.5) is 10.7 Å². The number of benzene rings is 1. The SMILES string of the molecule is COc1cc(OC)nc(NC(=O)NS(=O)(=O)c2cccc3c2S(=O)(=O)CCC3)n1. The number of nitrogens with zero attached hydrogens (tertiary/aromatic N) is 2. The number of sulfonamides is 1. The fourth-order valence-electron chi connectivity index (χ4n) is 2.85. The number of hydrogen-bond donors (Lipinski definition) is 2. The van der Waals surface area contributed by atoms with Crippen molar-refractivity contribution in [2.75, 3.05) is 25.3 Å². The first-order chi connectivity index (χ1) is 13.7. The molecule has 11 nitrogen and oxygen atoms in total. The van der Waals surface area contributed by atoms with Crippen LogP contribution in [-0.4, -0.2) is 52.8 Å². The first-order valence-electron chi connectivity index (χ1n) is 8.32. The molecule has 1 aromatic carbocycles. The molecule has 0 bridgehead atoms. The van der Waals surface area contributed by atoms with Gasteiger partial charge >= 0.3 is 6.03 Å². The van der Waals surface area contributed by atoms with E-state index in [1.54, 1.807) is 10.8 Å². The lowest BCUT2D eigenvalue weighted by Crippen LogP contribution is -2.36. The zero-order valence-corrected chi connectivity index (χ0v) is 17.1. The largest absolute Gasteiger partial charge is 0.481 e. The van der Waals surface area contributed by atoms with Gasteiger partial charge in [-0.05, 0) is 24.5 Å². The number of ether oxygens (including phenoxy) is 2. The Bertz CT molecular complexity index is 1140. The number of fused-ring (bicyclic) bond motifs is 1. The summed E-state index contributed by atoms with van der Waals surface area (Å²) in [4.78, 5) is 19.2. The normalized spacial score (nSPS) is 15.1. The standard InChI is InChI=1S/C16H18N4O7S2/c1-26-12-9-13(27-2)18-15(17-12)19-16(21)20-29(24,25)11-7-3-5-10-6-4-8-28(22,23)14(10)11/h3,5,7,9H,4,6,8H2,1-2H3,(H2,17,18,19,20,21). The maximum absolute atomic E-state index is 12.7. The molecule has 0 radical (unpaired) electrons. The van der Waals surface area contributed by atoms with Gasteiger partial charge in [-0.15, -0.1) is 0 Å². The summed E-state index contributed by atoms with van der Waals surface area (Å²) in [6.07, 6.45) is 0.837. The van der Waals surface area contributed by atoms with Gasteiger partial charge in [0.05, 0.1) is 30.9 Å². The summed E-state index contributed by atoms with van der Waals surface area (Å²) in [7, 11) is -5.58. The van der Waals surface area contributed by atoms with Crippen LogP contribution in [0.2, 0.25) is 0 Å². The van der Waals surface area contributed by atoms with Gasteiger partial charge in [0.2, 0.25) is 17.7 Å². The maximum Gasteiger partial charge on any atom is 0.335 e. The number of hydrogen-bond acceptors (Lipinski definition) is 9. The molecule has 1 aliphatic heterocycles. The Hall–Kier alpha value is -2.93. The van der Waals surface area contributed by atoms with Crippen molar-refractivity contribution in [3.8, 4) is 11.8 Å². The molecule has 1 aliphatic rings. The zero-order valence-electron chi connectivity index (χ0n) is 15.5. The summed E-state index contributed by atoms with van der Waals surface area (Å²) in [5.41, 5.74) is 0.403. The van der Waals surface area contributed by atoms with Crippen LogP contribution in [0.15, 0.2) is 34.1 Å². The molecule has 29 heavy (non-hydrogen) atoms. The molecule has 1 aromatic heterocycles. The Labute approximate surface area is 167 Å². The third-order valence-corrected chi connectivity index (χ3v) is 7.50. The van der Waals surface area contributed by atoms with E-state index in [0.29, 0.717) is 18.4 Å². The highest BCUT2D eigenvalue weighted by atomic mass is 32.2. The Morgan fingerprint density at radius 1 is 1.14 bits per heavy atom. The molecular formula is C16H18N4O7S2. The zero-order chi connectivity index (χ0) is 21.2. The molecule has 0 saturated carbocycles. The molecule has 0 fully saturated rings. The summed E-state index contributed by atoms with van der Waals surface area (Å²) in [5, 5.41) is 2.16. The molecule has 0 aliphatic carbocycles. The molecular weight excluding hydrogens is 424 g/mol. The Morgan fingerprint density at radius 2 is 1.79 bits per heavy atom. The topological polar surface area (TPSA) is 154 Å². The molecule has 0 unspecified atom stereocenters. The fourth-order valence-corrected chi connectivity index (χ4v) is 6.27. The number of urea groups is 1. The van der Waals surface area contributed by atoms with Gasteiger partial charge in [-0.1, -0.05) is 12.1 Å². The number of rotatable bonds is 5. The van der Waals surface area contributed by atoms with E-state index in [0.717, 1.165) is 6.07 Å². The van der Waals surface area contributed by atoms with Gasteiger partial charge in [-0.25, -0.2) is 26.4 Å². The van der Waals surface area contributed by atoms with Crippen LogP contribution in [-0.2, 0) is 26.3 Å². The number of aryl methyl sites for hydroxylation is 1. The van der Waals surface area contributed by atoms with E-state index in [-0.39, 0.29) is 28.4 Å². The molecule has 0 atom stereocenters. The van der Waals surface area contributed by atoms with Crippen LogP contribution in [0.3, 0.4) is 0 Å². The molecule has 3 rings (SSSR count). The van der Waals surface area contributed by atoms with Gasteiger partial charge in [0, 0.05) is 0 Å². The average molecular weight is 442 g/mol. The predicted molar refractivity (Wildman–Crippen MR) is 101 cm³/mol. The van der Waals surface area contributed by atoms with Crippen molar-refractivity contribution in [1.82, 2.24) is 14.7 Å². The summed E-state index contributed by atoms with van der Waals surface area (Å²) in [6.45, 7) is 0. The van der Waals surface area contributed by atoms with Crippen molar-refractivity contribution < 1.29 is 31.1 Å². The van der Waals surface area contributed by atoms with E-state index in [4.69, 9.17) is 9.47 Å². The second-order valence-corrected chi connectivity index (χ2v) is 9.70. The molecule has 2 aromatic rings. The van der Waals surface area contributed by atoms with E-state index in [1.165, 1.54) is 26.4 Å². The van der Waals surface area contributed by atoms with Gasteiger partial charge in [-0.3, -0.25) is 5.32 Å². The monoisotopic (exact) mass is 442 g/mol. The highest BCUT2D eigenvalue weighted by Gasteiger charge is 2.32. The quantitative estimate of drug-likeness (QED) is 0.682. The Morgan fingerprint density at radius 3 is 2.41 bits per heavy atom. The van der Waals surface area contributed by atoms with Crippen LogP contribution in [0, 0.1) is 0 Å². The van der Waals surface area contributed by atoms with Crippen molar-refractivity contribution in [3.05, 3.63) is 29.8 Å². The number of nitrogens with one attached hydrogen (secondary N) is 2. The minimum Gasteiger partial charge on any atom is -0.481 e. The fraction of sp³-hybridized carbons (Fsp3) is 0.312. The van der Waals surface area contributed by atoms with E-state index in [2.05, 4.69) is 15.3 Å². The van der Waals surface area contributed by atoms with Crippen LogP contribution in [0.1, 0.15) is 12.0 Å². The Kier molecular flexibility index (Phi) is 5.61. The maximum atomic E-state index is 12.7. The lowest BCUT2D eigenvalue weighted by Gasteiger charge is -2.19. The number of carbonyl (C=O) groups excluding carboxylic acids is 1. The van der Waals surface area contributed by atoms with Crippen molar-refractivity contribution >= 4 is 31.8 Å². The van der Waals surface area contributed by atoms with Gasteiger partial charge in [0.15, 0.2) is 9.84 Å². The summed E-state index contributed by atoms with van der Waals surface area (Å²) in [5.74, 6) is -0.260. The lowest BCUT2D eigenvalue weighted by atomic mass is 10.1. The summed E-state index contributed by atoms with van der Waals surface area (Å²) in [6, 6.07) is 4.32. The molecule has 2 amide bonds. The molecule has 156 valence electrons. The van der Waals surface area contributed by atoms with Crippen LogP contribution >= 0.6 is 0 Å². The van der Waals surface area contributed by atoms with Crippen molar-refractivity contribution in [1.29, 1.82) is 0 Å². The second-order valence-electron chi connectivity index (χ2n) is 6.00. The highest BCUT2D eigenvalue weighted by molar-refractivity contribution is 7.94. The molecule has 0 saturated heterocycles. The minimum atomic E-state index is -4.48. The second kappa shape index (κ2) is 7.83. The molecule has 0 spiro atoms. The third kappa shape index (κ3) is 4.40.